The van der Waals surface area contributed by atoms with Crippen LogP contribution in [-0.2, 0) is 28.6 Å². The Morgan fingerprint density at radius 3 is 1.07 bits per heavy atom. The van der Waals surface area contributed by atoms with Gasteiger partial charge in [-0.15, -0.1) is 0 Å². The summed E-state index contributed by atoms with van der Waals surface area (Å²) in [6, 6.07) is 0. The lowest BCUT2D eigenvalue weighted by molar-refractivity contribution is -0.167. The molecule has 0 aromatic rings. The number of carbonyl (C=O) groups excluding carboxylic acids is 3. The average Bonchev–Trinajstić information content (AvgIpc) is 3.23. The maximum atomic E-state index is 12.8. The van der Waals surface area contributed by atoms with Crippen LogP contribution in [-0.4, -0.2) is 37.2 Å². The zero-order valence-electron chi connectivity index (χ0n) is 39.0. The van der Waals surface area contributed by atoms with Crippen molar-refractivity contribution in [3.05, 3.63) is 48.6 Å². The molecule has 0 saturated carbocycles. The van der Waals surface area contributed by atoms with Crippen LogP contribution in [0.15, 0.2) is 48.6 Å². The molecule has 1 unspecified atom stereocenters. The molecule has 0 spiro atoms. The van der Waals surface area contributed by atoms with Gasteiger partial charge in [-0.25, -0.2) is 0 Å². The number of unbranched alkanes of at least 4 members (excludes halogenated alkanes) is 26. The normalized spacial score (nSPS) is 12.4. The van der Waals surface area contributed by atoms with Crippen LogP contribution in [0.25, 0.3) is 0 Å². The largest absolute Gasteiger partial charge is 0.462 e. The standard InChI is InChI=1S/C53H94O6/c1-4-7-10-13-16-19-21-23-25-27-29-31-34-37-40-43-46-52(55)58-49-50(48-57-51(54)45-42-39-36-33-18-15-12-9-6-3)59-53(56)47-44-41-38-35-32-30-28-26-24-22-20-17-14-11-8-5-2/h9,12,18,25-28,33,50H,4-8,10-11,13-17,19-24,29-32,34-49H2,1-3H3/b12-9-,27-25-,28-26-,33-18-. The Kier molecular flexibility index (Phi) is 45.9. The third-order valence-corrected chi connectivity index (χ3v) is 10.8. The fourth-order valence-electron chi connectivity index (χ4n) is 7.00. The predicted octanol–water partition coefficient (Wildman–Crippen LogP) is 16.3. The smallest absolute Gasteiger partial charge is 0.306 e. The molecule has 0 heterocycles. The molecule has 1 atom stereocenters. The maximum absolute atomic E-state index is 12.8. The van der Waals surface area contributed by atoms with Gasteiger partial charge in [0.25, 0.3) is 0 Å². The quantitative estimate of drug-likeness (QED) is 0.0263. The van der Waals surface area contributed by atoms with Crippen molar-refractivity contribution >= 4 is 17.9 Å². The zero-order valence-corrected chi connectivity index (χ0v) is 39.0. The van der Waals surface area contributed by atoms with Crippen LogP contribution < -0.4 is 0 Å². The molecule has 6 heteroatoms. The van der Waals surface area contributed by atoms with Crippen LogP contribution in [0.2, 0.25) is 0 Å². The first-order chi connectivity index (χ1) is 29.0. The summed E-state index contributed by atoms with van der Waals surface area (Å²) in [7, 11) is 0. The Bertz CT molecular complexity index is 1040. The summed E-state index contributed by atoms with van der Waals surface area (Å²) in [6.07, 6.45) is 56.8. The number of hydrogen-bond acceptors (Lipinski definition) is 6. The van der Waals surface area contributed by atoms with E-state index in [2.05, 4.69) is 69.4 Å². The first-order valence-corrected chi connectivity index (χ1v) is 25.1. The first kappa shape index (κ1) is 56.4. The highest BCUT2D eigenvalue weighted by Gasteiger charge is 2.19. The summed E-state index contributed by atoms with van der Waals surface area (Å²) in [6.45, 7) is 6.47. The zero-order chi connectivity index (χ0) is 43.0. The molecule has 0 aliphatic rings. The van der Waals surface area contributed by atoms with Gasteiger partial charge >= 0.3 is 17.9 Å². The molecule has 0 aromatic heterocycles. The van der Waals surface area contributed by atoms with E-state index in [0.717, 1.165) is 89.9 Å². The molecule has 342 valence electrons. The molecule has 0 bridgehead atoms. The van der Waals surface area contributed by atoms with Gasteiger partial charge in [0.15, 0.2) is 6.10 Å². The van der Waals surface area contributed by atoms with E-state index in [-0.39, 0.29) is 31.1 Å². The van der Waals surface area contributed by atoms with Crippen LogP contribution in [0.5, 0.6) is 0 Å². The van der Waals surface area contributed by atoms with Crippen molar-refractivity contribution in [2.75, 3.05) is 13.2 Å². The van der Waals surface area contributed by atoms with Gasteiger partial charge in [0.2, 0.25) is 0 Å². The topological polar surface area (TPSA) is 78.9 Å². The van der Waals surface area contributed by atoms with E-state index in [1.165, 1.54) is 122 Å². The van der Waals surface area contributed by atoms with Gasteiger partial charge in [0.1, 0.15) is 13.2 Å². The van der Waals surface area contributed by atoms with E-state index in [1.807, 2.05) is 0 Å². The van der Waals surface area contributed by atoms with Crippen molar-refractivity contribution in [2.24, 2.45) is 0 Å². The molecule has 0 aliphatic carbocycles. The van der Waals surface area contributed by atoms with Crippen LogP contribution in [0.4, 0.5) is 0 Å². The van der Waals surface area contributed by atoms with E-state index in [1.54, 1.807) is 0 Å². The number of ether oxygens (including phenoxy) is 3. The van der Waals surface area contributed by atoms with E-state index in [9.17, 15) is 14.4 Å². The summed E-state index contributed by atoms with van der Waals surface area (Å²) in [5.41, 5.74) is 0. The van der Waals surface area contributed by atoms with Crippen LogP contribution >= 0.6 is 0 Å². The number of esters is 3. The fraction of sp³-hybridized carbons (Fsp3) is 0.792. The van der Waals surface area contributed by atoms with Gasteiger partial charge in [-0.05, 0) is 96.3 Å². The van der Waals surface area contributed by atoms with Crippen molar-refractivity contribution in [2.45, 2.75) is 258 Å². The van der Waals surface area contributed by atoms with E-state index in [4.69, 9.17) is 14.2 Å². The molecule has 0 saturated heterocycles. The van der Waals surface area contributed by atoms with E-state index >= 15 is 0 Å². The van der Waals surface area contributed by atoms with Crippen LogP contribution in [0.3, 0.4) is 0 Å². The highest BCUT2D eigenvalue weighted by Crippen LogP contribution is 2.14. The van der Waals surface area contributed by atoms with Gasteiger partial charge in [-0.1, -0.05) is 185 Å². The Morgan fingerprint density at radius 1 is 0.356 bits per heavy atom. The first-order valence-electron chi connectivity index (χ1n) is 25.1. The van der Waals surface area contributed by atoms with Crippen molar-refractivity contribution in [1.82, 2.24) is 0 Å². The third-order valence-electron chi connectivity index (χ3n) is 10.8. The second-order valence-corrected chi connectivity index (χ2v) is 16.7. The highest BCUT2D eigenvalue weighted by molar-refractivity contribution is 5.71. The fourth-order valence-corrected chi connectivity index (χ4v) is 7.00. The Balaban J connectivity index is 4.36. The molecule has 0 fully saturated rings. The minimum atomic E-state index is -0.791. The molecule has 0 radical (unpaired) electrons. The number of carbonyl (C=O) groups is 3. The molecule has 0 N–H and O–H groups in total. The Labute approximate surface area is 365 Å². The molecule has 0 aromatic carbocycles. The Morgan fingerprint density at radius 2 is 0.661 bits per heavy atom. The minimum absolute atomic E-state index is 0.0905. The van der Waals surface area contributed by atoms with Gasteiger partial charge in [0, 0.05) is 19.3 Å². The van der Waals surface area contributed by atoms with Crippen molar-refractivity contribution in [1.29, 1.82) is 0 Å². The molecule has 0 amide bonds. The highest BCUT2D eigenvalue weighted by atomic mass is 16.6. The van der Waals surface area contributed by atoms with Crippen molar-refractivity contribution in [3.8, 4) is 0 Å². The average molecular weight is 827 g/mol. The van der Waals surface area contributed by atoms with Crippen molar-refractivity contribution in [3.63, 3.8) is 0 Å². The lowest BCUT2D eigenvalue weighted by atomic mass is 10.1. The third kappa shape index (κ3) is 46.3. The predicted molar refractivity (Wildman–Crippen MR) is 252 cm³/mol. The SMILES string of the molecule is CC/C=C\C/C=C\CCCCC(=O)OCC(COC(=O)CCCCCCC/C=C\CCCCCCCCC)OC(=O)CCCCCCC/C=C\CCCCCCCCC. The van der Waals surface area contributed by atoms with Crippen LogP contribution in [0.1, 0.15) is 252 Å². The minimum Gasteiger partial charge on any atom is -0.462 e. The molecule has 6 nitrogen and oxygen atoms in total. The monoisotopic (exact) mass is 827 g/mol. The molecule has 59 heavy (non-hydrogen) atoms. The summed E-state index contributed by atoms with van der Waals surface area (Å²) in [5, 5.41) is 0. The summed E-state index contributed by atoms with van der Waals surface area (Å²) >= 11 is 0. The summed E-state index contributed by atoms with van der Waals surface area (Å²) in [4.78, 5) is 37.8. The molecule has 0 aliphatic heterocycles. The van der Waals surface area contributed by atoms with Gasteiger partial charge in [0.05, 0.1) is 0 Å². The lowest BCUT2D eigenvalue weighted by Crippen LogP contribution is -2.30. The van der Waals surface area contributed by atoms with E-state index < -0.39 is 6.10 Å². The van der Waals surface area contributed by atoms with Gasteiger partial charge < -0.3 is 14.2 Å². The molecular formula is C53H94O6. The summed E-state index contributed by atoms with van der Waals surface area (Å²) < 4.78 is 16.7. The second-order valence-electron chi connectivity index (χ2n) is 16.7. The van der Waals surface area contributed by atoms with Crippen LogP contribution in [0, 0.1) is 0 Å². The van der Waals surface area contributed by atoms with Gasteiger partial charge in [-0.3, -0.25) is 14.4 Å². The number of hydrogen-bond donors (Lipinski definition) is 0. The number of allylic oxidation sites excluding steroid dienone is 8. The number of rotatable bonds is 45. The molecule has 0 rings (SSSR count). The maximum Gasteiger partial charge on any atom is 0.306 e. The lowest BCUT2D eigenvalue weighted by Gasteiger charge is -2.18. The second kappa shape index (κ2) is 48.0. The summed E-state index contributed by atoms with van der Waals surface area (Å²) in [5.74, 6) is -0.941. The Hall–Kier alpha value is -2.63. The molecular weight excluding hydrogens is 733 g/mol. The van der Waals surface area contributed by atoms with Crippen molar-refractivity contribution < 1.29 is 28.6 Å². The van der Waals surface area contributed by atoms with E-state index in [0.29, 0.717) is 19.3 Å². The van der Waals surface area contributed by atoms with Gasteiger partial charge in [-0.2, -0.15) is 0 Å².